The molecule has 0 bridgehead atoms. The van der Waals surface area contributed by atoms with Crippen molar-refractivity contribution in [1.29, 1.82) is 0 Å². The molecule has 1 aliphatic rings. The van der Waals surface area contributed by atoms with Crippen molar-refractivity contribution in [2.75, 3.05) is 32.7 Å². The zero-order valence-corrected chi connectivity index (χ0v) is 9.85. The monoisotopic (exact) mass is 224 g/mol. The van der Waals surface area contributed by atoms with Gasteiger partial charge in [-0.1, -0.05) is 12.1 Å². The van der Waals surface area contributed by atoms with E-state index in [1.807, 2.05) is 0 Å². The Balaban J connectivity index is 1.65. The van der Waals surface area contributed by atoms with Gasteiger partial charge in [-0.25, -0.2) is 0 Å². The predicted molar refractivity (Wildman–Crippen MR) is 61.1 cm³/mol. The van der Waals surface area contributed by atoms with Crippen molar-refractivity contribution in [2.24, 2.45) is 5.92 Å². The van der Waals surface area contributed by atoms with Gasteiger partial charge in [0.2, 0.25) is 6.39 Å². The Labute approximate surface area is 96.2 Å². The molecule has 1 N–H and O–H groups in total. The van der Waals surface area contributed by atoms with Crippen LogP contribution in [-0.2, 0) is 6.42 Å². The quantitative estimate of drug-likeness (QED) is 0.764. The fraction of sp³-hybridized carbons (Fsp3) is 0.818. The average molecular weight is 224 g/mol. The third-order valence-electron chi connectivity index (χ3n) is 3.11. The van der Waals surface area contributed by atoms with Crippen LogP contribution in [0.3, 0.4) is 0 Å². The highest BCUT2D eigenvalue weighted by Crippen LogP contribution is 2.15. The van der Waals surface area contributed by atoms with Crippen LogP contribution in [0.4, 0.5) is 0 Å². The Kier molecular flexibility index (Phi) is 4.30. The summed E-state index contributed by atoms with van der Waals surface area (Å²) >= 11 is 0. The average Bonchev–Trinajstić information content (AvgIpc) is 2.95. The van der Waals surface area contributed by atoms with E-state index in [2.05, 4.69) is 27.3 Å². The highest BCUT2D eigenvalue weighted by molar-refractivity contribution is 4.83. The number of nitrogens with zero attached hydrogens (tertiary/aromatic N) is 3. The molecule has 1 unspecified atom stereocenters. The van der Waals surface area contributed by atoms with Gasteiger partial charge in [-0.05, 0) is 32.0 Å². The summed E-state index contributed by atoms with van der Waals surface area (Å²) in [5.41, 5.74) is 0. The van der Waals surface area contributed by atoms with E-state index in [1.165, 1.54) is 25.9 Å². The van der Waals surface area contributed by atoms with E-state index in [4.69, 9.17) is 4.52 Å². The summed E-state index contributed by atoms with van der Waals surface area (Å²) in [5, 5.41) is 7.23. The second-order valence-electron chi connectivity index (χ2n) is 4.36. The normalized spacial score (nSPS) is 21.7. The highest BCUT2D eigenvalue weighted by atomic mass is 16.5. The van der Waals surface area contributed by atoms with Crippen LogP contribution in [-0.4, -0.2) is 47.8 Å². The van der Waals surface area contributed by atoms with Crippen LogP contribution in [0.1, 0.15) is 19.2 Å². The van der Waals surface area contributed by atoms with E-state index in [-0.39, 0.29) is 0 Å². The largest absolute Gasteiger partial charge is 0.343 e. The van der Waals surface area contributed by atoms with E-state index in [9.17, 15) is 0 Å². The van der Waals surface area contributed by atoms with Gasteiger partial charge < -0.3 is 14.7 Å². The number of nitrogens with one attached hydrogen (secondary N) is 1. The van der Waals surface area contributed by atoms with Crippen molar-refractivity contribution < 1.29 is 4.52 Å². The fourth-order valence-corrected chi connectivity index (χ4v) is 2.19. The van der Waals surface area contributed by atoms with Gasteiger partial charge in [0.05, 0.1) is 0 Å². The Morgan fingerprint density at radius 3 is 3.31 bits per heavy atom. The first-order valence-corrected chi connectivity index (χ1v) is 6.06. The maximum atomic E-state index is 4.71. The lowest BCUT2D eigenvalue weighted by Crippen LogP contribution is -2.27. The molecule has 0 amide bonds. The Bertz CT molecular complexity index is 288. The minimum atomic E-state index is 0.810. The van der Waals surface area contributed by atoms with Crippen LogP contribution in [0.2, 0.25) is 0 Å². The smallest absolute Gasteiger partial charge is 0.213 e. The summed E-state index contributed by atoms with van der Waals surface area (Å²) in [6, 6.07) is 0. The van der Waals surface area contributed by atoms with Crippen LogP contribution in [0.5, 0.6) is 0 Å². The van der Waals surface area contributed by atoms with E-state index < -0.39 is 0 Å². The minimum Gasteiger partial charge on any atom is -0.343 e. The number of rotatable bonds is 6. The Morgan fingerprint density at radius 2 is 2.56 bits per heavy atom. The van der Waals surface area contributed by atoms with Crippen molar-refractivity contribution >= 4 is 0 Å². The molecule has 1 fully saturated rings. The first-order chi connectivity index (χ1) is 7.88. The van der Waals surface area contributed by atoms with Gasteiger partial charge in [-0.3, -0.25) is 0 Å². The van der Waals surface area contributed by atoms with Gasteiger partial charge in [0, 0.05) is 19.5 Å². The molecule has 0 saturated carbocycles. The first-order valence-electron chi connectivity index (χ1n) is 6.06. The third-order valence-corrected chi connectivity index (χ3v) is 3.11. The molecular formula is C11H20N4O. The molecule has 0 radical (unpaired) electrons. The van der Waals surface area contributed by atoms with Crippen molar-refractivity contribution in [2.45, 2.75) is 19.8 Å². The SMILES string of the molecule is CCNCC1CCN(CCc2ncon2)C1. The molecule has 1 atom stereocenters. The van der Waals surface area contributed by atoms with E-state index >= 15 is 0 Å². The summed E-state index contributed by atoms with van der Waals surface area (Å²) < 4.78 is 4.71. The number of hydrogen-bond acceptors (Lipinski definition) is 5. The maximum absolute atomic E-state index is 4.71. The lowest BCUT2D eigenvalue weighted by Gasteiger charge is -2.14. The van der Waals surface area contributed by atoms with Crippen LogP contribution >= 0.6 is 0 Å². The van der Waals surface area contributed by atoms with E-state index in [1.54, 1.807) is 0 Å². The molecule has 16 heavy (non-hydrogen) atoms. The van der Waals surface area contributed by atoms with E-state index in [0.717, 1.165) is 37.8 Å². The molecule has 5 nitrogen and oxygen atoms in total. The van der Waals surface area contributed by atoms with Crippen LogP contribution in [0.15, 0.2) is 10.9 Å². The molecule has 2 rings (SSSR count). The van der Waals surface area contributed by atoms with Crippen molar-refractivity contribution in [3.63, 3.8) is 0 Å². The van der Waals surface area contributed by atoms with Gasteiger partial charge in [-0.15, -0.1) is 0 Å². The van der Waals surface area contributed by atoms with Crippen LogP contribution in [0.25, 0.3) is 0 Å². The Hall–Kier alpha value is -0.940. The standard InChI is InChI=1S/C11H20N4O/c1-2-12-7-10-3-5-15(8-10)6-4-11-13-9-16-14-11/h9-10,12H,2-8H2,1H3. The molecule has 90 valence electrons. The second kappa shape index (κ2) is 5.96. The van der Waals surface area contributed by atoms with Crippen molar-refractivity contribution in [3.8, 4) is 0 Å². The molecule has 1 aromatic rings. The fourth-order valence-electron chi connectivity index (χ4n) is 2.19. The minimum absolute atomic E-state index is 0.810. The molecule has 0 aliphatic carbocycles. The summed E-state index contributed by atoms with van der Waals surface area (Å²) in [5.74, 6) is 1.63. The second-order valence-corrected chi connectivity index (χ2v) is 4.36. The molecule has 1 saturated heterocycles. The Morgan fingerprint density at radius 1 is 1.62 bits per heavy atom. The molecule has 2 heterocycles. The highest BCUT2D eigenvalue weighted by Gasteiger charge is 2.21. The van der Waals surface area contributed by atoms with Crippen LogP contribution in [0, 0.1) is 5.92 Å². The lowest BCUT2D eigenvalue weighted by atomic mass is 10.1. The summed E-state index contributed by atoms with van der Waals surface area (Å²) in [7, 11) is 0. The zero-order valence-electron chi connectivity index (χ0n) is 9.85. The molecule has 1 aromatic heterocycles. The van der Waals surface area contributed by atoms with Crippen molar-refractivity contribution in [3.05, 3.63) is 12.2 Å². The lowest BCUT2D eigenvalue weighted by molar-refractivity contribution is 0.320. The molecular weight excluding hydrogens is 204 g/mol. The molecule has 0 spiro atoms. The molecule has 1 aliphatic heterocycles. The number of likely N-dealkylation sites (tertiary alicyclic amines) is 1. The summed E-state index contributed by atoms with van der Waals surface area (Å²) in [6.07, 6.45) is 3.59. The van der Waals surface area contributed by atoms with Gasteiger partial charge in [0.25, 0.3) is 0 Å². The van der Waals surface area contributed by atoms with Gasteiger partial charge >= 0.3 is 0 Å². The predicted octanol–water partition coefficient (Wildman–Crippen LogP) is 0.543. The maximum Gasteiger partial charge on any atom is 0.213 e. The number of aromatic nitrogens is 2. The van der Waals surface area contributed by atoms with Gasteiger partial charge in [0.15, 0.2) is 5.82 Å². The first kappa shape index (κ1) is 11.5. The number of hydrogen-bond donors (Lipinski definition) is 1. The zero-order chi connectivity index (χ0) is 11.2. The van der Waals surface area contributed by atoms with Crippen LogP contribution < -0.4 is 5.32 Å². The summed E-state index contributed by atoms with van der Waals surface area (Å²) in [6.45, 7) is 7.82. The van der Waals surface area contributed by atoms with Gasteiger partial charge in [0.1, 0.15) is 0 Å². The van der Waals surface area contributed by atoms with Crippen molar-refractivity contribution in [1.82, 2.24) is 20.4 Å². The molecule has 0 aromatic carbocycles. The molecule has 5 heteroatoms. The van der Waals surface area contributed by atoms with Gasteiger partial charge in [-0.2, -0.15) is 4.98 Å². The third kappa shape index (κ3) is 3.28. The topological polar surface area (TPSA) is 54.2 Å². The van der Waals surface area contributed by atoms with E-state index in [0.29, 0.717) is 0 Å². The summed E-state index contributed by atoms with van der Waals surface area (Å²) in [4.78, 5) is 6.51.